The van der Waals surface area contributed by atoms with Gasteiger partial charge in [0.15, 0.2) is 0 Å². The van der Waals surface area contributed by atoms with E-state index in [4.69, 9.17) is 0 Å². The van der Waals surface area contributed by atoms with Crippen LogP contribution in [-0.2, 0) is 0 Å². The molecule has 0 amide bonds. The fourth-order valence-corrected chi connectivity index (χ4v) is 3.00. The minimum atomic E-state index is 0.830. The SMILES string of the molecule is CC1=CC(C2CCN(C)CC2)=CCC(C)C1. The minimum Gasteiger partial charge on any atom is -0.306 e. The summed E-state index contributed by atoms with van der Waals surface area (Å²) in [5.74, 6) is 1.66. The van der Waals surface area contributed by atoms with E-state index >= 15 is 0 Å². The fourth-order valence-electron chi connectivity index (χ4n) is 3.00. The first-order chi connectivity index (χ1) is 7.65. The zero-order chi connectivity index (χ0) is 11.5. The van der Waals surface area contributed by atoms with Crippen molar-refractivity contribution in [2.75, 3.05) is 20.1 Å². The van der Waals surface area contributed by atoms with Crippen LogP contribution in [-0.4, -0.2) is 25.0 Å². The van der Waals surface area contributed by atoms with Crippen LogP contribution in [0.1, 0.15) is 39.5 Å². The zero-order valence-corrected chi connectivity index (χ0v) is 11.0. The van der Waals surface area contributed by atoms with Crippen LogP contribution < -0.4 is 0 Å². The van der Waals surface area contributed by atoms with Gasteiger partial charge in [-0.15, -0.1) is 0 Å². The fraction of sp³-hybridized carbons (Fsp3) is 0.733. The van der Waals surface area contributed by atoms with Gasteiger partial charge in [0.25, 0.3) is 0 Å². The molecule has 16 heavy (non-hydrogen) atoms. The Balaban J connectivity index is 2.05. The molecule has 1 fully saturated rings. The van der Waals surface area contributed by atoms with Crippen LogP contribution in [0, 0.1) is 11.8 Å². The molecule has 2 rings (SSSR count). The van der Waals surface area contributed by atoms with Crippen LogP contribution in [0.3, 0.4) is 0 Å². The average molecular weight is 219 g/mol. The maximum absolute atomic E-state index is 2.51. The zero-order valence-electron chi connectivity index (χ0n) is 11.0. The van der Waals surface area contributed by atoms with Crippen molar-refractivity contribution in [3.63, 3.8) is 0 Å². The van der Waals surface area contributed by atoms with Crippen LogP contribution in [0.2, 0.25) is 0 Å². The maximum Gasteiger partial charge on any atom is -0.00159 e. The van der Waals surface area contributed by atoms with Gasteiger partial charge in [0.1, 0.15) is 0 Å². The summed E-state index contributed by atoms with van der Waals surface area (Å²) in [5.41, 5.74) is 3.21. The van der Waals surface area contributed by atoms with Crippen molar-refractivity contribution >= 4 is 0 Å². The summed E-state index contributed by atoms with van der Waals surface area (Å²) < 4.78 is 0. The summed E-state index contributed by atoms with van der Waals surface area (Å²) in [6.07, 6.45) is 10.2. The lowest BCUT2D eigenvalue weighted by Gasteiger charge is -2.29. The van der Waals surface area contributed by atoms with E-state index in [1.807, 2.05) is 0 Å². The van der Waals surface area contributed by atoms with E-state index < -0.39 is 0 Å². The second kappa shape index (κ2) is 5.18. The predicted octanol–water partition coefficient (Wildman–Crippen LogP) is 3.63. The molecule has 1 heteroatoms. The molecule has 0 saturated carbocycles. The number of hydrogen-bond donors (Lipinski definition) is 0. The quantitative estimate of drug-likeness (QED) is 0.651. The van der Waals surface area contributed by atoms with Gasteiger partial charge >= 0.3 is 0 Å². The highest BCUT2D eigenvalue weighted by molar-refractivity contribution is 5.28. The topological polar surface area (TPSA) is 3.24 Å². The third-order valence-corrected chi connectivity index (χ3v) is 4.03. The van der Waals surface area contributed by atoms with Gasteiger partial charge in [-0.05, 0) is 70.2 Å². The molecule has 0 bridgehead atoms. The minimum absolute atomic E-state index is 0.830. The largest absolute Gasteiger partial charge is 0.306 e. The predicted molar refractivity (Wildman–Crippen MR) is 70.5 cm³/mol. The summed E-state index contributed by atoms with van der Waals surface area (Å²) in [4.78, 5) is 2.45. The summed E-state index contributed by atoms with van der Waals surface area (Å²) in [6.45, 7) is 7.20. The van der Waals surface area contributed by atoms with Gasteiger partial charge in [-0.3, -0.25) is 0 Å². The van der Waals surface area contributed by atoms with Crippen molar-refractivity contribution in [1.29, 1.82) is 0 Å². The van der Waals surface area contributed by atoms with Crippen molar-refractivity contribution in [1.82, 2.24) is 4.90 Å². The molecule has 1 aliphatic heterocycles. The maximum atomic E-state index is 2.51. The monoisotopic (exact) mass is 219 g/mol. The van der Waals surface area contributed by atoms with E-state index in [2.05, 4.69) is 37.9 Å². The standard InChI is InChI=1S/C15H25N/c1-12-4-5-15(11-13(2)10-12)14-6-8-16(3)9-7-14/h5,11-12,14H,4,6-10H2,1-3H3. The van der Waals surface area contributed by atoms with Crippen molar-refractivity contribution in [2.45, 2.75) is 39.5 Å². The number of allylic oxidation sites excluding steroid dienone is 4. The number of hydrogen-bond acceptors (Lipinski definition) is 1. The molecule has 90 valence electrons. The van der Waals surface area contributed by atoms with Crippen molar-refractivity contribution in [3.05, 3.63) is 23.3 Å². The summed E-state index contributed by atoms with van der Waals surface area (Å²) in [7, 11) is 2.24. The van der Waals surface area contributed by atoms with Gasteiger partial charge in [0, 0.05) is 0 Å². The molecule has 0 aromatic carbocycles. The highest BCUT2D eigenvalue weighted by atomic mass is 15.1. The van der Waals surface area contributed by atoms with Crippen molar-refractivity contribution < 1.29 is 0 Å². The summed E-state index contributed by atoms with van der Waals surface area (Å²) >= 11 is 0. The highest BCUT2D eigenvalue weighted by Crippen LogP contribution is 2.30. The Morgan fingerprint density at radius 3 is 2.62 bits per heavy atom. The summed E-state index contributed by atoms with van der Waals surface area (Å²) in [6, 6.07) is 0. The molecule has 1 aliphatic carbocycles. The second-order valence-electron chi connectivity index (χ2n) is 5.82. The molecule has 0 N–H and O–H groups in total. The van der Waals surface area contributed by atoms with Gasteiger partial charge in [0.05, 0.1) is 0 Å². The lowest BCUT2D eigenvalue weighted by molar-refractivity contribution is 0.239. The molecule has 2 aliphatic rings. The first kappa shape index (κ1) is 11.9. The molecule has 0 radical (unpaired) electrons. The lowest BCUT2D eigenvalue weighted by Crippen LogP contribution is -2.30. The van der Waals surface area contributed by atoms with E-state index in [-0.39, 0.29) is 0 Å². The van der Waals surface area contributed by atoms with E-state index in [9.17, 15) is 0 Å². The first-order valence-corrected chi connectivity index (χ1v) is 6.71. The first-order valence-electron chi connectivity index (χ1n) is 6.71. The van der Waals surface area contributed by atoms with E-state index in [1.165, 1.54) is 38.8 Å². The van der Waals surface area contributed by atoms with Crippen molar-refractivity contribution in [3.8, 4) is 0 Å². The Bertz CT molecular complexity index is 293. The third-order valence-electron chi connectivity index (χ3n) is 4.03. The van der Waals surface area contributed by atoms with Crippen LogP contribution in [0.15, 0.2) is 23.3 Å². The van der Waals surface area contributed by atoms with Crippen LogP contribution in [0.5, 0.6) is 0 Å². The van der Waals surface area contributed by atoms with E-state index in [1.54, 1.807) is 11.1 Å². The Kier molecular flexibility index (Phi) is 3.86. The van der Waals surface area contributed by atoms with Gasteiger partial charge in [0.2, 0.25) is 0 Å². The van der Waals surface area contributed by atoms with Gasteiger partial charge < -0.3 is 4.90 Å². The second-order valence-corrected chi connectivity index (χ2v) is 5.82. The lowest BCUT2D eigenvalue weighted by atomic mass is 9.88. The normalized spacial score (nSPS) is 29.6. The Morgan fingerprint density at radius 2 is 1.94 bits per heavy atom. The van der Waals surface area contributed by atoms with Crippen molar-refractivity contribution in [2.24, 2.45) is 11.8 Å². The smallest absolute Gasteiger partial charge is 0.00159 e. The Labute approximate surface area is 100 Å². The van der Waals surface area contributed by atoms with Crippen LogP contribution >= 0.6 is 0 Å². The number of rotatable bonds is 1. The van der Waals surface area contributed by atoms with E-state index in [0.717, 1.165) is 11.8 Å². The molecule has 1 unspecified atom stereocenters. The third kappa shape index (κ3) is 2.98. The molecule has 1 saturated heterocycles. The molecule has 0 aromatic rings. The van der Waals surface area contributed by atoms with Crippen LogP contribution in [0.4, 0.5) is 0 Å². The van der Waals surface area contributed by atoms with Gasteiger partial charge in [-0.25, -0.2) is 0 Å². The van der Waals surface area contributed by atoms with Gasteiger partial charge in [-0.2, -0.15) is 0 Å². The highest BCUT2D eigenvalue weighted by Gasteiger charge is 2.20. The molecule has 1 heterocycles. The van der Waals surface area contributed by atoms with Crippen LogP contribution in [0.25, 0.3) is 0 Å². The summed E-state index contributed by atoms with van der Waals surface area (Å²) in [5, 5.41) is 0. The molecule has 0 aromatic heterocycles. The molecular weight excluding hydrogens is 194 g/mol. The Hall–Kier alpha value is -0.560. The Morgan fingerprint density at radius 1 is 1.25 bits per heavy atom. The molecule has 1 nitrogen and oxygen atoms in total. The number of likely N-dealkylation sites (tertiary alicyclic amines) is 1. The molecule has 1 atom stereocenters. The number of piperidine rings is 1. The van der Waals surface area contributed by atoms with E-state index in [0.29, 0.717) is 0 Å². The molecule has 0 spiro atoms. The number of nitrogens with zero attached hydrogens (tertiary/aromatic N) is 1. The average Bonchev–Trinajstić information content (AvgIpc) is 2.41. The van der Waals surface area contributed by atoms with Gasteiger partial charge in [-0.1, -0.05) is 24.6 Å². The molecular formula is C15H25N.